The molecule has 2 aromatic rings. The third-order valence-corrected chi connectivity index (χ3v) is 4.11. The molecule has 2 unspecified atom stereocenters. The highest BCUT2D eigenvalue weighted by Crippen LogP contribution is 2.29. The maximum Gasteiger partial charge on any atom is 0.0671 e. The van der Waals surface area contributed by atoms with E-state index in [4.69, 9.17) is 0 Å². The Morgan fingerprint density at radius 1 is 1.39 bits per heavy atom. The summed E-state index contributed by atoms with van der Waals surface area (Å²) in [6.45, 7) is 3.47. The highest BCUT2D eigenvalue weighted by molar-refractivity contribution is 5.90. The molecule has 3 rings (SSSR count). The molecule has 1 aromatic heterocycles. The second-order valence-electron chi connectivity index (χ2n) is 5.66. The van der Waals surface area contributed by atoms with Gasteiger partial charge in [-0.15, -0.1) is 0 Å². The third kappa shape index (κ3) is 2.35. The van der Waals surface area contributed by atoms with Crippen LogP contribution < -0.4 is 5.32 Å². The molecule has 3 nitrogen and oxygen atoms in total. The lowest BCUT2D eigenvalue weighted by atomic mass is 9.82. The topological polar surface area (TPSA) is 40.7 Å². The molecular formula is C15H21N3. The molecule has 0 radical (unpaired) electrons. The van der Waals surface area contributed by atoms with Gasteiger partial charge in [-0.1, -0.05) is 25.8 Å². The molecule has 3 heteroatoms. The Bertz CT molecular complexity index is 517. The fourth-order valence-corrected chi connectivity index (χ4v) is 3.12. The highest BCUT2D eigenvalue weighted by Gasteiger charge is 2.18. The zero-order valence-corrected chi connectivity index (χ0v) is 10.9. The monoisotopic (exact) mass is 243 g/mol. The summed E-state index contributed by atoms with van der Waals surface area (Å²) in [5, 5.41) is 11.9. The number of benzene rings is 1. The molecule has 1 aliphatic rings. The number of nitrogens with one attached hydrogen (secondary N) is 2. The third-order valence-electron chi connectivity index (χ3n) is 4.11. The lowest BCUT2D eigenvalue weighted by molar-refractivity contribution is 0.293. The molecule has 1 aromatic carbocycles. The summed E-state index contributed by atoms with van der Waals surface area (Å²) in [5.74, 6) is 1.73. The molecule has 1 heterocycles. The second-order valence-corrected chi connectivity index (χ2v) is 5.66. The van der Waals surface area contributed by atoms with E-state index in [1.165, 1.54) is 36.8 Å². The van der Waals surface area contributed by atoms with E-state index in [0.717, 1.165) is 23.9 Å². The SMILES string of the molecule is CC1CCCC(CNc2cccc3[nH]ncc23)C1. The van der Waals surface area contributed by atoms with Crippen molar-refractivity contribution < 1.29 is 0 Å². The number of aromatic amines is 1. The van der Waals surface area contributed by atoms with Gasteiger partial charge in [0.2, 0.25) is 0 Å². The fraction of sp³-hybridized carbons (Fsp3) is 0.533. The molecule has 2 N–H and O–H groups in total. The molecule has 1 saturated carbocycles. The Kier molecular flexibility index (Phi) is 3.22. The van der Waals surface area contributed by atoms with Gasteiger partial charge in [0.25, 0.3) is 0 Å². The minimum absolute atomic E-state index is 0.830. The van der Waals surface area contributed by atoms with Gasteiger partial charge in [-0.05, 0) is 36.8 Å². The van der Waals surface area contributed by atoms with E-state index in [1.807, 2.05) is 6.20 Å². The molecule has 1 aliphatic carbocycles. The molecule has 0 aliphatic heterocycles. The van der Waals surface area contributed by atoms with E-state index >= 15 is 0 Å². The van der Waals surface area contributed by atoms with E-state index in [2.05, 4.69) is 40.6 Å². The number of nitrogens with zero attached hydrogens (tertiary/aromatic N) is 1. The highest BCUT2D eigenvalue weighted by atomic mass is 15.1. The van der Waals surface area contributed by atoms with Crippen molar-refractivity contribution in [3.8, 4) is 0 Å². The first-order valence-corrected chi connectivity index (χ1v) is 6.99. The average Bonchev–Trinajstić information content (AvgIpc) is 2.85. The largest absolute Gasteiger partial charge is 0.384 e. The Hall–Kier alpha value is -1.51. The number of aromatic nitrogens is 2. The zero-order chi connectivity index (χ0) is 12.4. The molecule has 2 atom stereocenters. The lowest BCUT2D eigenvalue weighted by Gasteiger charge is -2.27. The van der Waals surface area contributed by atoms with Gasteiger partial charge in [-0.3, -0.25) is 5.10 Å². The minimum Gasteiger partial charge on any atom is -0.384 e. The number of H-pyrrole nitrogens is 1. The second kappa shape index (κ2) is 5.01. The van der Waals surface area contributed by atoms with Gasteiger partial charge in [0.15, 0.2) is 0 Å². The van der Waals surface area contributed by atoms with E-state index in [1.54, 1.807) is 0 Å². The van der Waals surface area contributed by atoms with Crippen LogP contribution in [0.25, 0.3) is 10.9 Å². The maximum absolute atomic E-state index is 4.10. The normalized spacial score (nSPS) is 24.3. The van der Waals surface area contributed by atoms with Crippen LogP contribution in [0.1, 0.15) is 32.6 Å². The van der Waals surface area contributed by atoms with E-state index in [-0.39, 0.29) is 0 Å². The Morgan fingerprint density at radius 2 is 2.33 bits per heavy atom. The van der Waals surface area contributed by atoms with E-state index in [9.17, 15) is 0 Å². The minimum atomic E-state index is 0.830. The zero-order valence-electron chi connectivity index (χ0n) is 10.9. The molecule has 0 spiro atoms. The lowest BCUT2D eigenvalue weighted by Crippen LogP contribution is -2.21. The number of hydrogen-bond acceptors (Lipinski definition) is 2. The van der Waals surface area contributed by atoms with Crippen LogP contribution in [0.5, 0.6) is 0 Å². The molecular weight excluding hydrogens is 222 g/mol. The van der Waals surface area contributed by atoms with Crippen molar-refractivity contribution in [3.63, 3.8) is 0 Å². The summed E-state index contributed by atoms with van der Waals surface area (Å²) in [5.41, 5.74) is 2.32. The van der Waals surface area contributed by atoms with Crippen LogP contribution in [0, 0.1) is 11.8 Å². The molecule has 1 fully saturated rings. The fourth-order valence-electron chi connectivity index (χ4n) is 3.12. The summed E-state index contributed by atoms with van der Waals surface area (Å²) in [7, 11) is 0. The summed E-state index contributed by atoms with van der Waals surface area (Å²) >= 11 is 0. The summed E-state index contributed by atoms with van der Waals surface area (Å²) in [4.78, 5) is 0. The first kappa shape index (κ1) is 11.6. The van der Waals surface area contributed by atoms with Crippen molar-refractivity contribution in [1.29, 1.82) is 0 Å². The Labute approximate surface area is 108 Å². The van der Waals surface area contributed by atoms with Crippen LogP contribution >= 0.6 is 0 Å². The Balaban J connectivity index is 1.67. The van der Waals surface area contributed by atoms with Gasteiger partial charge in [0.05, 0.1) is 11.7 Å². The first-order valence-electron chi connectivity index (χ1n) is 6.99. The van der Waals surface area contributed by atoms with Crippen molar-refractivity contribution in [1.82, 2.24) is 10.2 Å². The van der Waals surface area contributed by atoms with Gasteiger partial charge < -0.3 is 5.32 Å². The number of hydrogen-bond donors (Lipinski definition) is 2. The smallest absolute Gasteiger partial charge is 0.0671 e. The van der Waals surface area contributed by atoms with Crippen LogP contribution in [0.4, 0.5) is 5.69 Å². The summed E-state index contributed by atoms with van der Waals surface area (Å²) in [6.07, 6.45) is 7.45. The quantitative estimate of drug-likeness (QED) is 0.860. The predicted molar refractivity (Wildman–Crippen MR) is 75.7 cm³/mol. The summed E-state index contributed by atoms with van der Waals surface area (Å²) < 4.78 is 0. The van der Waals surface area contributed by atoms with Gasteiger partial charge >= 0.3 is 0 Å². The molecule has 18 heavy (non-hydrogen) atoms. The van der Waals surface area contributed by atoms with Crippen molar-refractivity contribution in [3.05, 3.63) is 24.4 Å². The van der Waals surface area contributed by atoms with Crippen LogP contribution in [-0.4, -0.2) is 16.7 Å². The van der Waals surface area contributed by atoms with E-state index < -0.39 is 0 Å². The number of anilines is 1. The van der Waals surface area contributed by atoms with Crippen LogP contribution in [-0.2, 0) is 0 Å². The average molecular weight is 243 g/mol. The van der Waals surface area contributed by atoms with Crippen LogP contribution in [0.2, 0.25) is 0 Å². The van der Waals surface area contributed by atoms with Gasteiger partial charge in [0, 0.05) is 17.6 Å². The standard InChI is InChI=1S/C15H21N3/c1-11-4-2-5-12(8-11)9-16-14-6-3-7-15-13(14)10-17-18-15/h3,6-7,10-12,16H,2,4-5,8-9H2,1H3,(H,17,18). The number of fused-ring (bicyclic) bond motifs is 1. The number of rotatable bonds is 3. The van der Waals surface area contributed by atoms with Gasteiger partial charge in [-0.25, -0.2) is 0 Å². The maximum atomic E-state index is 4.10. The van der Waals surface area contributed by atoms with Gasteiger partial charge in [0.1, 0.15) is 0 Å². The predicted octanol–water partition coefficient (Wildman–Crippen LogP) is 3.80. The van der Waals surface area contributed by atoms with Crippen LogP contribution in [0.3, 0.4) is 0 Å². The van der Waals surface area contributed by atoms with Crippen molar-refractivity contribution in [2.75, 3.05) is 11.9 Å². The first-order chi connectivity index (χ1) is 8.83. The summed E-state index contributed by atoms with van der Waals surface area (Å²) in [6, 6.07) is 6.28. The van der Waals surface area contributed by atoms with Crippen molar-refractivity contribution >= 4 is 16.6 Å². The molecule has 0 saturated heterocycles. The van der Waals surface area contributed by atoms with E-state index in [0.29, 0.717) is 0 Å². The van der Waals surface area contributed by atoms with Gasteiger partial charge in [-0.2, -0.15) is 5.10 Å². The van der Waals surface area contributed by atoms with Crippen LogP contribution in [0.15, 0.2) is 24.4 Å². The molecule has 96 valence electrons. The molecule has 0 bridgehead atoms. The van der Waals surface area contributed by atoms with Crippen molar-refractivity contribution in [2.24, 2.45) is 11.8 Å². The van der Waals surface area contributed by atoms with Crippen molar-refractivity contribution in [2.45, 2.75) is 32.6 Å². The Morgan fingerprint density at radius 3 is 3.22 bits per heavy atom. The molecule has 0 amide bonds.